The van der Waals surface area contributed by atoms with Crippen molar-refractivity contribution in [3.63, 3.8) is 0 Å². The Balaban J connectivity index is 1.79. The summed E-state index contributed by atoms with van der Waals surface area (Å²) in [5.41, 5.74) is 7.70. The first-order valence-electron chi connectivity index (χ1n) is 7.73. The molecule has 0 fully saturated rings. The number of amides is 1. The summed E-state index contributed by atoms with van der Waals surface area (Å²) in [6, 6.07) is 2.38. The molecule has 29 heavy (non-hydrogen) atoms. The Bertz CT molecular complexity index is 1120. The van der Waals surface area contributed by atoms with Crippen molar-refractivity contribution in [1.82, 2.24) is 30.7 Å². The molecular weight excluding hydrogens is 390 g/mol. The molecule has 0 radical (unpaired) electrons. The molecule has 1 amide bonds. The van der Waals surface area contributed by atoms with Crippen LogP contribution >= 0.6 is 0 Å². The average molecular weight is 403 g/mol. The molecule has 0 spiro atoms. The Morgan fingerprint density at radius 2 is 2.24 bits per heavy atom. The molecule has 0 saturated heterocycles. The summed E-state index contributed by atoms with van der Waals surface area (Å²) in [5.74, 6) is -1.50. The van der Waals surface area contributed by atoms with Crippen LogP contribution < -0.4 is 15.9 Å². The van der Waals surface area contributed by atoms with Crippen LogP contribution in [-0.2, 0) is 0 Å². The van der Waals surface area contributed by atoms with Crippen molar-refractivity contribution in [3.8, 4) is 17.3 Å². The number of nitrogens with one attached hydrogen (secondary N) is 1. The number of nitrogen functional groups attached to an aromatic ring is 1. The maximum Gasteiger partial charge on any atom is 0.314 e. The van der Waals surface area contributed by atoms with Crippen molar-refractivity contribution in [2.75, 3.05) is 12.8 Å². The molecule has 0 saturated carbocycles. The number of benzene rings is 1. The number of phenolic OH excluding ortho intramolecular Hbond substituents is 1. The lowest BCUT2D eigenvalue weighted by atomic mass is 10.1. The third-order valence-corrected chi connectivity index (χ3v) is 3.72. The highest BCUT2D eigenvalue weighted by Crippen LogP contribution is 2.37. The molecule has 150 valence electrons. The van der Waals surface area contributed by atoms with E-state index in [-0.39, 0.29) is 28.6 Å². The number of hydrazone groups is 1. The monoisotopic (exact) mass is 403 g/mol. The lowest BCUT2D eigenvalue weighted by Crippen LogP contribution is -2.19. The first-order valence-corrected chi connectivity index (χ1v) is 7.73. The zero-order valence-electron chi connectivity index (χ0n) is 14.9. The standard InChI is InChI=1S/C14H13N9O6/c1-6-9(17-21-22(6)13-12(15)19-29-20-13)14(25)18-16-5-7-3-4-8(23(26)27)10(24)11(7)28-2/h3-5,24H,1-2H3,(H2,15,19)(H,18,25). The van der Waals surface area contributed by atoms with Crippen LogP contribution in [0.3, 0.4) is 0 Å². The summed E-state index contributed by atoms with van der Waals surface area (Å²) in [5, 5.41) is 39.0. The second-order valence-corrected chi connectivity index (χ2v) is 5.42. The van der Waals surface area contributed by atoms with E-state index in [1.165, 1.54) is 17.9 Å². The molecule has 2 heterocycles. The normalized spacial score (nSPS) is 11.0. The summed E-state index contributed by atoms with van der Waals surface area (Å²) in [6.45, 7) is 1.55. The molecule has 4 N–H and O–H groups in total. The lowest BCUT2D eigenvalue weighted by Gasteiger charge is -2.06. The predicted molar refractivity (Wildman–Crippen MR) is 94.7 cm³/mol. The van der Waals surface area contributed by atoms with Gasteiger partial charge in [-0.15, -0.1) is 5.10 Å². The number of rotatable bonds is 6. The van der Waals surface area contributed by atoms with E-state index in [1.54, 1.807) is 6.92 Å². The van der Waals surface area contributed by atoms with Gasteiger partial charge in [0.1, 0.15) is 0 Å². The molecule has 2 aromatic heterocycles. The van der Waals surface area contributed by atoms with E-state index in [9.17, 15) is 20.0 Å². The van der Waals surface area contributed by atoms with E-state index < -0.39 is 22.3 Å². The molecule has 0 aliphatic carbocycles. The lowest BCUT2D eigenvalue weighted by molar-refractivity contribution is -0.385. The van der Waals surface area contributed by atoms with Crippen LogP contribution in [0.1, 0.15) is 21.7 Å². The van der Waals surface area contributed by atoms with E-state index in [4.69, 9.17) is 10.5 Å². The Kier molecular flexibility index (Phi) is 5.03. The first kappa shape index (κ1) is 19.2. The molecular formula is C14H13N9O6. The number of carbonyl (C=O) groups is 1. The van der Waals surface area contributed by atoms with Crippen LogP contribution in [0.15, 0.2) is 21.9 Å². The minimum Gasteiger partial charge on any atom is -0.499 e. The molecule has 3 rings (SSSR count). The smallest absolute Gasteiger partial charge is 0.314 e. The molecule has 1 aromatic carbocycles. The second-order valence-electron chi connectivity index (χ2n) is 5.42. The van der Waals surface area contributed by atoms with Gasteiger partial charge >= 0.3 is 5.69 Å². The SMILES string of the molecule is COc1c(C=NNC(=O)c2nnn(-c3nonc3N)c2C)ccc([N+](=O)[O-])c1O. The fourth-order valence-corrected chi connectivity index (χ4v) is 2.33. The minimum atomic E-state index is -0.760. The number of carbonyl (C=O) groups excluding carboxylic acids is 1. The number of phenols is 1. The third kappa shape index (κ3) is 3.51. The first-order chi connectivity index (χ1) is 13.8. The highest BCUT2D eigenvalue weighted by molar-refractivity contribution is 5.94. The van der Waals surface area contributed by atoms with Crippen LogP contribution in [0.4, 0.5) is 11.5 Å². The van der Waals surface area contributed by atoms with Gasteiger partial charge in [0.15, 0.2) is 11.4 Å². The fraction of sp³-hybridized carbons (Fsp3) is 0.143. The Morgan fingerprint density at radius 1 is 1.48 bits per heavy atom. The van der Waals surface area contributed by atoms with Gasteiger partial charge in [-0.25, -0.2) is 10.1 Å². The van der Waals surface area contributed by atoms with Crippen LogP contribution in [-0.4, -0.2) is 54.6 Å². The number of nitrogens with two attached hydrogens (primary N) is 1. The van der Waals surface area contributed by atoms with E-state index in [0.29, 0.717) is 5.69 Å². The summed E-state index contributed by atoms with van der Waals surface area (Å²) in [4.78, 5) is 22.4. The topological polar surface area (TPSA) is 210 Å². The zero-order chi connectivity index (χ0) is 21.1. The number of ether oxygens (including phenoxy) is 1. The van der Waals surface area contributed by atoms with Crippen molar-refractivity contribution >= 4 is 23.6 Å². The maximum absolute atomic E-state index is 12.3. The average Bonchev–Trinajstić information content (AvgIpc) is 3.26. The Hall–Kier alpha value is -4.56. The van der Waals surface area contributed by atoms with Crippen LogP contribution in [0.5, 0.6) is 11.5 Å². The molecule has 3 aromatic rings. The van der Waals surface area contributed by atoms with Crippen molar-refractivity contribution in [2.24, 2.45) is 5.10 Å². The van der Waals surface area contributed by atoms with E-state index in [0.717, 1.165) is 12.3 Å². The van der Waals surface area contributed by atoms with Gasteiger partial charge in [0.05, 0.1) is 23.9 Å². The van der Waals surface area contributed by atoms with Crippen molar-refractivity contribution < 1.29 is 24.2 Å². The zero-order valence-corrected chi connectivity index (χ0v) is 14.9. The minimum absolute atomic E-state index is 0.0342. The Labute approximate surface area is 160 Å². The molecule has 0 bridgehead atoms. The van der Waals surface area contributed by atoms with E-state index in [2.05, 4.69) is 35.8 Å². The van der Waals surface area contributed by atoms with Crippen molar-refractivity contribution in [3.05, 3.63) is 39.2 Å². The largest absolute Gasteiger partial charge is 0.499 e. The number of nitrogens with zero attached hydrogens (tertiary/aromatic N) is 7. The van der Waals surface area contributed by atoms with E-state index >= 15 is 0 Å². The predicted octanol–water partition coefficient (Wildman–Crippen LogP) is -0.0728. The van der Waals surface area contributed by atoms with Gasteiger partial charge < -0.3 is 15.6 Å². The number of nitro groups is 1. The van der Waals surface area contributed by atoms with Crippen LogP contribution in [0.2, 0.25) is 0 Å². The third-order valence-electron chi connectivity index (χ3n) is 3.72. The Morgan fingerprint density at radius 3 is 2.86 bits per heavy atom. The molecule has 0 atom stereocenters. The van der Waals surface area contributed by atoms with Gasteiger partial charge in [0.25, 0.3) is 5.91 Å². The second kappa shape index (κ2) is 7.59. The van der Waals surface area contributed by atoms with Crippen molar-refractivity contribution in [2.45, 2.75) is 6.92 Å². The number of hydrogen-bond acceptors (Lipinski definition) is 12. The summed E-state index contributed by atoms with van der Waals surface area (Å²) in [7, 11) is 1.22. The van der Waals surface area contributed by atoms with Gasteiger partial charge in [-0.3, -0.25) is 14.9 Å². The summed E-state index contributed by atoms with van der Waals surface area (Å²) in [6.07, 6.45) is 1.14. The van der Waals surface area contributed by atoms with Crippen molar-refractivity contribution in [1.29, 1.82) is 0 Å². The molecule has 15 nitrogen and oxygen atoms in total. The van der Waals surface area contributed by atoms with Crippen LogP contribution in [0.25, 0.3) is 5.82 Å². The van der Waals surface area contributed by atoms with Gasteiger partial charge in [-0.05, 0) is 23.3 Å². The summed E-state index contributed by atoms with van der Waals surface area (Å²) >= 11 is 0. The molecule has 15 heteroatoms. The van der Waals surface area contributed by atoms with Gasteiger partial charge in [-0.1, -0.05) is 5.21 Å². The van der Waals surface area contributed by atoms with E-state index in [1.807, 2.05) is 0 Å². The number of aromatic nitrogens is 5. The van der Waals surface area contributed by atoms with Gasteiger partial charge in [-0.2, -0.15) is 9.78 Å². The van der Waals surface area contributed by atoms with Crippen LogP contribution in [0, 0.1) is 17.0 Å². The highest BCUT2D eigenvalue weighted by atomic mass is 16.6. The molecule has 0 aliphatic rings. The number of aromatic hydroxyl groups is 1. The maximum atomic E-state index is 12.3. The van der Waals surface area contributed by atoms with Gasteiger partial charge in [0, 0.05) is 11.6 Å². The molecule has 0 unspecified atom stereocenters. The summed E-state index contributed by atoms with van der Waals surface area (Å²) < 4.78 is 10.6. The fourth-order valence-electron chi connectivity index (χ4n) is 2.33. The molecule has 0 aliphatic heterocycles. The van der Waals surface area contributed by atoms with Gasteiger partial charge in [0.2, 0.25) is 17.4 Å². The number of anilines is 1. The quantitative estimate of drug-likeness (QED) is 0.281. The number of hydrogen-bond donors (Lipinski definition) is 3. The number of nitro benzene ring substituents is 1. The highest BCUT2D eigenvalue weighted by Gasteiger charge is 2.22. The number of methoxy groups -OCH3 is 1.